The van der Waals surface area contributed by atoms with E-state index < -0.39 is 21.7 Å². The van der Waals surface area contributed by atoms with E-state index in [0.29, 0.717) is 5.56 Å². The molecule has 0 saturated carbocycles. The molecule has 10 heteroatoms. The molecule has 19 heavy (non-hydrogen) atoms. The molecular weight excluding hydrogens is 292 g/mol. The Morgan fingerprint density at radius 1 is 1.58 bits per heavy atom. The van der Waals surface area contributed by atoms with Crippen molar-refractivity contribution in [3.8, 4) is 0 Å². The molecule has 0 aliphatic carbocycles. The molecule has 0 aromatic carbocycles. The fourth-order valence-electron chi connectivity index (χ4n) is 1.38. The van der Waals surface area contributed by atoms with Crippen LogP contribution in [0.2, 0.25) is 0 Å². The van der Waals surface area contributed by atoms with Gasteiger partial charge in [0.25, 0.3) is 10.0 Å². The summed E-state index contributed by atoms with van der Waals surface area (Å²) < 4.78 is 27.5. The lowest BCUT2D eigenvalue weighted by atomic mass is 10.4. The third kappa shape index (κ3) is 2.97. The molecule has 0 unspecified atom stereocenters. The van der Waals surface area contributed by atoms with E-state index in [0.717, 1.165) is 11.3 Å². The molecule has 2 rings (SSSR count). The van der Waals surface area contributed by atoms with Gasteiger partial charge in [0.1, 0.15) is 0 Å². The predicted molar refractivity (Wildman–Crippen MR) is 66.3 cm³/mol. The van der Waals surface area contributed by atoms with Crippen LogP contribution in [0.5, 0.6) is 0 Å². The van der Waals surface area contributed by atoms with Gasteiger partial charge in [0, 0.05) is 25.4 Å². The van der Waals surface area contributed by atoms with Crippen LogP contribution in [-0.2, 0) is 23.6 Å². The smallest absolute Gasteiger partial charge is 0.356 e. The van der Waals surface area contributed by atoms with E-state index in [1.807, 2.05) is 0 Å². The molecule has 102 valence electrons. The van der Waals surface area contributed by atoms with Crippen molar-refractivity contribution in [3.63, 3.8) is 0 Å². The van der Waals surface area contributed by atoms with Gasteiger partial charge in [-0.3, -0.25) is 4.68 Å². The highest BCUT2D eigenvalue weighted by Gasteiger charge is 2.25. The van der Waals surface area contributed by atoms with Crippen molar-refractivity contribution in [1.29, 1.82) is 0 Å². The topological polar surface area (TPSA) is 114 Å². The molecule has 2 aromatic rings. The second-order valence-electron chi connectivity index (χ2n) is 3.64. The zero-order valence-corrected chi connectivity index (χ0v) is 11.4. The number of nitrogens with one attached hydrogen (secondary N) is 1. The van der Waals surface area contributed by atoms with E-state index in [9.17, 15) is 13.2 Å². The fraction of sp³-hybridized carbons (Fsp3) is 0.222. The number of carboxylic acid groups (broad SMARTS) is 1. The number of aryl methyl sites for hydroxylation is 1. The summed E-state index contributed by atoms with van der Waals surface area (Å²) >= 11 is 0.762. The molecule has 2 N–H and O–H groups in total. The normalized spacial score (nSPS) is 11.6. The van der Waals surface area contributed by atoms with Crippen molar-refractivity contribution in [2.45, 2.75) is 10.8 Å². The van der Waals surface area contributed by atoms with Gasteiger partial charge in [0.15, 0.2) is 9.90 Å². The molecule has 0 saturated heterocycles. The minimum atomic E-state index is -3.89. The van der Waals surface area contributed by atoms with Gasteiger partial charge < -0.3 is 5.11 Å². The number of thiazole rings is 1. The van der Waals surface area contributed by atoms with Gasteiger partial charge in [-0.15, -0.1) is 11.3 Å². The molecule has 0 fully saturated rings. The molecule has 0 atom stereocenters. The lowest BCUT2D eigenvalue weighted by molar-refractivity contribution is 0.0687. The number of carbonyl (C=O) groups is 1. The van der Waals surface area contributed by atoms with E-state index in [4.69, 9.17) is 5.11 Å². The van der Waals surface area contributed by atoms with Crippen LogP contribution >= 0.6 is 11.3 Å². The Kier molecular flexibility index (Phi) is 3.64. The van der Waals surface area contributed by atoms with E-state index in [1.54, 1.807) is 17.9 Å². The summed E-state index contributed by atoms with van der Waals surface area (Å²) in [5.41, 5.74) is 1.39. The maximum Gasteiger partial charge on any atom is 0.356 e. The quantitative estimate of drug-likeness (QED) is 0.807. The SMILES string of the molecule is Cn1cc(CNS(=O)(=O)c2scnc2C(=O)O)cn1. The van der Waals surface area contributed by atoms with Crippen LogP contribution in [0, 0.1) is 0 Å². The Bertz CT molecular complexity index is 703. The molecule has 2 heterocycles. The van der Waals surface area contributed by atoms with Crippen LogP contribution < -0.4 is 4.72 Å². The average molecular weight is 302 g/mol. The van der Waals surface area contributed by atoms with Crippen LogP contribution in [-0.4, -0.2) is 34.3 Å². The number of rotatable bonds is 5. The monoisotopic (exact) mass is 302 g/mol. The lowest BCUT2D eigenvalue weighted by Gasteiger charge is -2.03. The standard InChI is InChI=1S/C9H10N4O4S2/c1-13-4-6(2-11-13)3-12-19(16,17)9-7(8(14)15)10-5-18-9/h2,4-5,12H,3H2,1H3,(H,14,15). The highest BCUT2D eigenvalue weighted by Crippen LogP contribution is 2.20. The van der Waals surface area contributed by atoms with Crippen LogP contribution in [0.4, 0.5) is 0 Å². The van der Waals surface area contributed by atoms with Gasteiger partial charge in [-0.1, -0.05) is 0 Å². The number of carboxylic acids is 1. The number of hydrogen-bond donors (Lipinski definition) is 2. The van der Waals surface area contributed by atoms with Gasteiger partial charge in [0.2, 0.25) is 0 Å². The van der Waals surface area contributed by atoms with Gasteiger partial charge in [-0.05, 0) is 0 Å². The largest absolute Gasteiger partial charge is 0.476 e. The summed E-state index contributed by atoms with van der Waals surface area (Å²) in [6.45, 7) is 0.0349. The highest BCUT2D eigenvalue weighted by atomic mass is 32.2. The second-order valence-corrected chi connectivity index (χ2v) is 6.46. The minimum absolute atomic E-state index is 0.0349. The van der Waals surface area contributed by atoms with Crippen molar-refractivity contribution in [2.75, 3.05) is 0 Å². The summed E-state index contributed by atoms with van der Waals surface area (Å²) in [6.07, 6.45) is 3.18. The van der Waals surface area contributed by atoms with Crippen molar-refractivity contribution < 1.29 is 18.3 Å². The number of nitrogens with zero attached hydrogens (tertiary/aromatic N) is 3. The first-order valence-electron chi connectivity index (χ1n) is 5.04. The van der Waals surface area contributed by atoms with E-state index in [2.05, 4.69) is 14.8 Å². The summed E-state index contributed by atoms with van der Waals surface area (Å²) in [4.78, 5) is 14.4. The van der Waals surface area contributed by atoms with Gasteiger partial charge in [-0.2, -0.15) is 5.10 Å². The second kappa shape index (κ2) is 5.07. The van der Waals surface area contributed by atoms with E-state index >= 15 is 0 Å². The Morgan fingerprint density at radius 3 is 2.89 bits per heavy atom. The van der Waals surface area contributed by atoms with Crippen molar-refractivity contribution >= 4 is 27.3 Å². The highest BCUT2D eigenvalue weighted by molar-refractivity contribution is 7.91. The summed E-state index contributed by atoms with van der Waals surface area (Å²) in [6, 6.07) is 0. The Hall–Kier alpha value is -1.78. The molecule has 0 aliphatic rings. The van der Waals surface area contributed by atoms with Crippen molar-refractivity contribution in [2.24, 2.45) is 7.05 Å². The molecule has 0 amide bonds. The summed E-state index contributed by atoms with van der Waals surface area (Å²) in [5.74, 6) is -1.37. The van der Waals surface area contributed by atoms with Crippen LogP contribution in [0.25, 0.3) is 0 Å². The van der Waals surface area contributed by atoms with Crippen molar-refractivity contribution in [1.82, 2.24) is 19.5 Å². The van der Waals surface area contributed by atoms with Gasteiger partial charge in [0.05, 0.1) is 11.7 Å². The third-order valence-corrected chi connectivity index (χ3v) is 4.98. The van der Waals surface area contributed by atoms with Crippen molar-refractivity contribution in [3.05, 3.63) is 29.2 Å². The fourth-order valence-corrected chi connectivity index (χ4v) is 3.58. The predicted octanol–water partition coefficient (Wildman–Crippen LogP) is 0.0533. The third-order valence-electron chi connectivity index (χ3n) is 2.21. The van der Waals surface area contributed by atoms with Gasteiger partial charge in [-0.25, -0.2) is 22.9 Å². The van der Waals surface area contributed by atoms with E-state index in [1.165, 1.54) is 11.7 Å². The number of aromatic nitrogens is 3. The first-order valence-corrected chi connectivity index (χ1v) is 7.40. The molecule has 8 nitrogen and oxygen atoms in total. The number of aromatic carboxylic acids is 1. The zero-order valence-electron chi connectivity index (χ0n) is 9.77. The Labute approximate surface area is 112 Å². The maximum atomic E-state index is 12.0. The number of sulfonamides is 1. The zero-order chi connectivity index (χ0) is 14.0. The summed E-state index contributed by atoms with van der Waals surface area (Å²) in [7, 11) is -2.18. The van der Waals surface area contributed by atoms with Gasteiger partial charge >= 0.3 is 5.97 Å². The summed E-state index contributed by atoms with van der Waals surface area (Å²) in [5, 5.41) is 12.7. The molecule has 0 spiro atoms. The van der Waals surface area contributed by atoms with Crippen LogP contribution in [0.15, 0.2) is 22.1 Å². The van der Waals surface area contributed by atoms with E-state index in [-0.39, 0.29) is 10.8 Å². The van der Waals surface area contributed by atoms with Crippen LogP contribution in [0.3, 0.4) is 0 Å². The number of hydrogen-bond acceptors (Lipinski definition) is 6. The first-order chi connectivity index (χ1) is 8.90. The molecule has 0 bridgehead atoms. The molecule has 0 aliphatic heterocycles. The molecule has 0 radical (unpaired) electrons. The lowest BCUT2D eigenvalue weighted by Crippen LogP contribution is -2.24. The maximum absolute atomic E-state index is 12.0. The average Bonchev–Trinajstić information content (AvgIpc) is 2.94. The molecule has 2 aromatic heterocycles. The Balaban J connectivity index is 2.18. The minimum Gasteiger partial charge on any atom is -0.476 e. The van der Waals surface area contributed by atoms with Crippen LogP contribution in [0.1, 0.15) is 16.1 Å². The molecular formula is C9H10N4O4S2. The first kappa shape index (κ1) is 13.6. The Morgan fingerprint density at radius 2 is 2.32 bits per heavy atom.